The van der Waals surface area contributed by atoms with Crippen LogP contribution < -0.4 is 20.2 Å². The number of anilines is 3. The quantitative estimate of drug-likeness (QED) is 0.110. The molecule has 0 saturated heterocycles. The molecule has 0 saturated carbocycles. The molecule has 0 spiro atoms. The number of aromatic nitrogens is 2. The molecule has 1 heterocycles. The molecule has 0 radical (unpaired) electrons. The minimum atomic E-state index is -3.85. The van der Waals surface area contributed by atoms with E-state index in [1.54, 1.807) is 19.1 Å². The van der Waals surface area contributed by atoms with Gasteiger partial charge < -0.3 is 15.0 Å². The predicted molar refractivity (Wildman–Crippen MR) is 154 cm³/mol. The third-order valence-corrected chi connectivity index (χ3v) is 7.74. The van der Waals surface area contributed by atoms with Crippen LogP contribution in [0, 0.1) is 11.6 Å². The minimum Gasteiger partial charge on any atom is -0.394 e. The molecule has 1 aromatic heterocycles. The molecule has 1 amide bonds. The van der Waals surface area contributed by atoms with Crippen molar-refractivity contribution >= 4 is 71.7 Å². The highest BCUT2D eigenvalue weighted by molar-refractivity contribution is 9.10. The van der Waals surface area contributed by atoms with Crippen molar-refractivity contribution in [1.29, 1.82) is 0 Å². The van der Waals surface area contributed by atoms with Crippen molar-refractivity contribution in [3.05, 3.63) is 81.0 Å². The number of halogens is 4. The molecule has 0 aliphatic carbocycles. The van der Waals surface area contributed by atoms with Gasteiger partial charge >= 0.3 is 0 Å². The Bertz CT molecular complexity index is 1710. The summed E-state index contributed by atoms with van der Waals surface area (Å²) in [5.74, 6) is -2.51. The number of aliphatic hydroxyl groups is 1. The number of benzene rings is 3. The number of fused-ring (bicyclic) bond motifs is 1. The topological polar surface area (TPSA) is 147 Å². The summed E-state index contributed by atoms with van der Waals surface area (Å²) in [6.07, 6.45) is 1.33. The smallest absolute Gasteiger partial charge is 0.299 e. The Balaban J connectivity index is 1.76. The lowest BCUT2D eigenvalue weighted by Crippen LogP contribution is -2.29. The van der Waals surface area contributed by atoms with E-state index in [2.05, 4.69) is 41.2 Å². The normalized spacial score (nSPS) is 11.6. The van der Waals surface area contributed by atoms with E-state index in [0.717, 1.165) is 0 Å². The molecule has 0 aliphatic heterocycles. The second kappa shape index (κ2) is 13.1. The van der Waals surface area contributed by atoms with Crippen LogP contribution in [0.5, 0.6) is 0 Å². The van der Waals surface area contributed by atoms with Gasteiger partial charge in [-0.25, -0.2) is 19.2 Å². The van der Waals surface area contributed by atoms with Crippen LogP contribution in [0.3, 0.4) is 0 Å². The van der Waals surface area contributed by atoms with Gasteiger partial charge in [0.15, 0.2) is 5.82 Å². The molecule has 0 fully saturated rings. The van der Waals surface area contributed by atoms with Gasteiger partial charge in [0, 0.05) is 11.0 Å². The zero-order valence-corrected chi connectivity index (χ0v) is 24.5. The van der Waals surface area contributed by atoms with Crippen molar-refractivity contribution in [2.45, 2.75) is 13.5 Å². The molecule has 0 atom stereocenters. The highest BCUT2D eigenvalue weighted by atomic mass is 79.9. The van der Waals surface area contributed by atoms with Gasteiger partial charge in [0.2, 0.25) is 0 Å². The summed E-state index contributed by atoms with van der Waals surface area (Å²) in [6.45, 7) is 1.24. The Morgan fingerprint density at radius 1 is 1.20 bits per heavy atom. The Morgan fingerprint density at radius 2 is 1.98 bits per heavy atom. The van der Waals surface area contributed by atoms with Gasteiger partial charge in [-0.3, -0.25) is 14.4 Å². The fraction of sp³-hybridized carbons (Fsp3) is 0.200. The molecular formula is C25H24BrClF2N6O5S. The Labute approximate surface area is 247 Å². The van der Waals surface area contributed by atoms with Crippen molar-refractivity contribution in [2.24, 2.45) is 0 Å². The van der Waals surface area contributed by atoms with Gasteiger partial charge in [-0.2, -0.15) is 13.1 Å². The number of imidazole rings is 1. The van der Waals surface area contributed by atoms with Gasteiger partial charge in [0.05, 0.1) is 59.3 Å². The monoisotopic (exact) mass is 672 g/mol. The molecule has 0 bridgehead atoms. The summed E-state index contributed by atoms with van der Waals surface area (Å²) >= 11 is 9.66. The molecule has 3 aromatic carbocycles. The van der Waals surface area contributed by atoms with E-state index in [4.69, 9.17) is 21.5 Å². The molecule has 4 aromatic rings. The number of hydrogen-bond donors (Lipinski definition) is 5. The summed E-state index contributed by atoms with van der Waals surface area (Å²) in [4.78, 5) is 22.1. The number of hydrogen-bond acceptors (Lipinski definition) is 7. The molecular weight excluding hydrogens is 650 g/mol. The second-order valence-electron chi connectivity index (χ2n) is 8.49. The van der Waals surface area contributed by atoms with Crippen molar-refractivity contribution < 1.29 is 31.9 Å². The largest absolute Gasteiger partial charge is 0.394 e. The Kier molecular flexibility index (Phi) is 9.78. The minimum absolute atomic E-state index is 0.0295. The van der Waals surface area contributed by atoms with Crippen LogP contribution in [0.1, 0.15) is 22.8 Å². The van der Waals surface area contributed by atoms with Crippen molar-refractivity contribution in [3.8, 4) is 0 Å². The summed E-state index contributed by atoms with van der Waals surface area (Å²) in [5, 5.41) is 11.7. The summed E-state index contributed by atoms with van der Waals surface area (Å²) in [7, 11) is -3.85. The Hall–Kier alpha value is -3.34. The lowest BCUT2D eigenvalue weighted by Gasteiger charge is -2.16. The van der Waals surface area contributed by atoms with E-state index in [1.165, 1.54) is 41.2 Å². The molecule has 0 unspecified atom stereocenters. The number of nitrogens with zero attached hydrogens (tertiary/aromatic N) is 2. The first-order chi connectivity index (χ1) is 19.5. The fourth-order valence-corrected chi connectivity index (χ4v) is 5.40. The number of amides is 1. The van der Waals surface area contributed by atoms with E-state index < -0.39 is 27.8 Å². The van der Waals surface area contributed by atoms with Crippen molar-refractivity contribution in [3.63, 3.8) is 0 Å². The lowest BCUT2D eigenvalue weighted by atomic mass is 10.1. The van der Waals surface area contributed by atoms with Crippen molar-refractivity contribution in [2.75, 3.05) is 29.8 Å². The van der Waals surface area contributed by atoms with E-state index in [9.17, 15) is 17.6 Å². The van der Waals surface area contributed by atoms with Gasteiger partial charge in [0.25, 0.3) is 16.1 Å². The SMILES string of the molecule is CCNS(=O)(=O)Nc1cccc(Cn2cnc3c(F)c(Nc4ccc(Br)cc4F)c(C(=O)NOCCO)cc32)c1Cl. The van der Waals surface area contributed by atoms with Crippen LogP contribution in [0.4, 0.5) is 25.8 Å². The number of aliphatic hydroxyl groups excluding tert-OH is 1. The third-order valence-electron chi connectivity index (χ3n) is 5.65. The second-order valence-corrected chi connectivity index (χ2v) is 11.3. The van der Waals surface area contributed by atoms with E-state index in [-0.39, 0.29) is 65.0 Å². The zero-order chi connectivity index (χ0) is 29.7. The predicted octanol–water partition coefficient (Wildman–Crippen LogP) is 4.44. The van der Waals surface area contributed by atoms with Gasteiger partial charge in [-0.05, 0) is 35.9 Å². The number of hydroxylamine groups is 1. The molecule has 5 N–H and O–H groups in total. The first-order valence-corrected chi connectivity index (χ1v) is 14.7. The van der Waals surface area contributed by atoms with Crippen LogP contribution in [0.2, 0.25) is 5.02 Å². The average molecular weight is 674 g/mol. The molecule has 0 aliphatic rings. The molecule has 4 rings (SSSR count). The lowest BCUT2D eigenvalue weighted by molar-refractivity contribution is 0.0169. The molecule has 218 valence electrons. The average Bonchev–Trinajstić information content (AvgIpc) is 3.31. The highest BCUT2D eigenvalue weighted by Gasteiger charge is 2.23. The molecule has 16 heteroatoms. The number of carbonyl (C=O) groups excluding carboxylic acids is 1. The summed E-state index contributed by atoms with van der Waals surface area (Å²) in [6, 6.07) is 10.2. The third kappa shape index (κ3) is 7.12. The molecule has 41 heavy (non-hydrogen) atoms. The van der Waals surface area contributed by atoms with Crippen LogP contribution in [-0.2, 0) is 21.6 Å². The Morgan fingerprint density at radius 3 is 2.68 bits per heavy atom. The van der Waals surface area contributed by atoms with Crippen LogP contribution >= 0.6 is 27.5 Å². The van der Waals surface area contributed by atoms with Crippen molar-refractivity contribution in [1.82, 2.24) is 19.8 Å². The first-order valence-electron chi connectivity index (χ1n) is 12.0. The van der Waals surface area contributed by atoms with Crippen LogP contribution in [0.15, 0.2) is 53.3 Å². The maximum atomic E-state index is 15.9. The van der Waals surface area contributed by atoms with Gasteiger partial charge in [-0.15, -0.1) is 0 Å². The van der Waals surface area contributed by atoms with Gasteiger partial charge in [-0.1, -0.05) is 46.6 Å². The maximum absolute atomic E-state index is 15.9. The van der Waals surface area contributed by atoms with Gasteiger partial charge in [0.1, 0.15) is 11.3 Å². The summed E-state index contributed by atoms with van der Waals surface area (Å²) in [5.41, 5.74) is 2.09. The highest BCUT2D eigenvalue weighted by Crippen LogP contribution is 2.34. The maximum Gasteiger partial charge on any atom is 0.299 e. The fourth-order valence-electron chi connectivity index (χ4n) is 3.86. The number of rotatable bonds is 12. The van der Waals surface area contributed by atoms with E-state index in [1.807, 2.05) is 0 Å². The first kappa shape index (κ1) is 30.6. The standard InChI is InChI=1S/C25H24BrClF2N6O5S/c1-2-31-41(38,39)34-19-5-3-4-14(21(19)27)12-35-13-30-24-20(35)11-16(25(37)33-40-9-8-36)23(22(24)29)32-18-7-6-15(26)10-17(18)28/h3-7,10-11,13,31-32,34,36H,2,8-9,12H2,1H3,(H,33,37). The zero-order valence-electron chi connectivity index (χ0n) is 21.3. The van der Waals surface area contributed by atoms with Crippen LogP contribution in [-0.4, -0.2) is 48.7 Å². The molecule has 11 nitrogen and oxygen atoms in total. The number of carbonyl (C=O) groups is 1. The van der Waals surface area contributed by atoms with E-state index in [0.29, 0.717) is 10.0 Å². The summed E-state index contributed by atoms with van der Waals surface area (Å²) < 4.78 is 61.4. The van der Waals surface area contributed by atoms with Crippen LogP contribution in [0.25, 0.3) is 11.0 Å². The number of nitrogens with one attached hydrogen (secondary N) is 4. The van der Waals surface area contributed by atoms with E-state index >= 15 is 4.39 Å².